The number of hydrogen-bond donors (Lipinski definition) is 1. The molecular weight excluding hydrogens is 438 g/mol. The third kappa shape index (κ3) is 4.66. The van der Waals surface area contributed by atoms with E-state index in [0.717, 1.165) is 56.1 Å². The standard InChI is InChI=1S/C21H28BrN3O4/c22-17-3-1-2-4-18(17)25-7-5-16(21(25)27)20(26)23-13-19(15-6-10-29-14-15)24-8-11-28-12-9-24/h1-4,15-16,19H,5-14H2,(H,23,26). The van der Waals surface area contributed by atoms with E-state index in [-0.39, 0.29) is 17.9 Å². The first-order chi connectivity index (χ1) is 14.1. The van der Waals surface area contributed by atoms with Crippen LogP contribution in [0.15, 0.2) is 28.7 Å². The lowest BCUT2D eigenvalue weighted by Crippen LogP contribution is -2.53. The summed E-state index contributed by atoms with van der Waals surface area (Å²) in [5, 5.41) is 3.08. The molecule has 8 heteroatoms. The van der Waals surface area contributed by atoms with Gasteiger partial charge in [0.1, 0.15) is 5.92 Å². The fraction of sp³-hybridized carbons (Fsp3) is 0.619. The van der Waals surface area contributed by atoms with E-state index in [1.807, 2.05) is 24.3 Å². The summed E-state index contributed by atoms with van der Waals surface area (Å²) in [4.78, 5) is 29.9. The normalized spacial score (nSPS) is 26.7. The number of nitrogens with one attached hydrogen (secondary N) is 1. The van der Waals surface area contributed by atoms with Gasteiger partial charge in [0, 0.05) is 49.2 Å². The van der Waals surface area contributed by atoms with Gasteiger partial charge in [-0.25, -0.2) is 0 Å². The number of amides is 2. The van der Waals surface area contributed by atoms with Crippen molar-refractivity contribution in [3.05, 3.63) is 28.7 Å². The van der Waals surface area contributed by atoms with E-state index in [1.54, 1.807) is 4.90 Å². The summed E-state index contributed by atoms with van der Waals surface area (Å²) in [6, 6.07) is 7.85. The van der Waals surface area contributed by atoms with Crippen LogP contribution in [0.25, 0.3) is 0 Å². The highest BCUT2D eigenvalue weighted by molar-refractivity contribution is 9.10. The van der Waals surface area contributed by atoms with Crippen LogP contribution in [0.1, 0.15) is 12.8 Å². The van der Waals surface area contributed by atoms with Crippen molar-refractivity contribution in [2.45, 2.75) is 18.9 Å². The topological polar surface area (TPSA) is 71.1 Å². The Morgan fingerprint density at radius 3 is 2.66 bits per heavy atom. The van der Waals surface area contributed by atoms with Gasteiger partial charge in [0.25, 0.3) is 0 Å². The van der Waals surface area contributed by atoms with Gasteiger partial charge in [-0.15, -0.1) is 0 Å². The third-order valence-electron chi connectivity index (χ3n) is 6.17. The van der Waals surface area contributed by atoms with Crippen molar-refractivity contribution < 1.29 is 19.1 Å². The molecule has 1 N–H and O–H groups in total. The van der Waals surface area contributed by atoms with E-state index < -0.39 is 5.92 Å². The number of morpholine rings is 1. The summed E-state index contributed by atoms with van der Waals surface area (Å²) in [5.74, 6) is -0.500. The van der Waals surface area contributed by atoms with E-state index >= 15 is 0 Å². The molecular formula is C21H28BrN3O4. The van der Waals surface area contributed by atoms with E-state index in [9.17, 15) is 9.59 Å². The SMILES string of the molecule is O=C(NCC(C1CCOC1)N1CCOCC1)C1CCN(c2ccccc2Br)C1=O. The zero-order chi connectivity index (χ0) is 20.2. The molecule has 3 atom stereocenters. The van der Waals surface area contributed by atoms with Crippen molar-refractivity contribution in [3.8, 4) is 0 Å². The van der Waals surface area contributed by atoms with Crippen molar-refractivity contribution in [1.29, 1.82) is 0 Å². The minimum absolute atomic E-state index is 0.124. The summed E-state index contributed by atoms with van der Waals surface area (Å²) in [6.45, 7) is 5.80. The van der Waals surface area contributed by atoms with Crippen molar-refractivity contribution in [1.82, 2.24) is 10.2 Å². The zero-order valence-electron chi connectivity index (χ0n) is 16.5. The van der Waals surface area contributed by atoms with Gasteiger partial charge in [0.15, 0.2) is 0 Å². The molecule has 1 aromatic rings. The molecule has 1 aromatic carbocycles. The molecule has 0 aliphatic carbocycles. The number of hydrogen-bond acceptors (Lipinski definition) is 5. The van der Waals surface area contributed by atoms with Crippen molar-refractivity contribution in [2.75, 3.05) is 57.5 Å². The fourth-order valence-electron chi connectivity index (χ4n) is 4.52. The quantitative estimate of drug-likeness (QED) is 0.646. The van der Waals surface area contributed by atoms with E-state index in [2.05, 4.69) is 26.1 Å². The highest BCUT2D eigenvalue weighted by atomic mass is 79.9. The Kier molecular flexibility index (Phi) is 6.85. The van der Waals surface area contributed by atoms with E-state index in [4.69, 9.17) is 9.47 Å². The molecule has 0 radical (unpaired) electrons. The number of anilines is 1. The molecule has 0 spiro atoms. The van der Waals surface area contributed by atoms with Gasteiger partial charge in [-0.2, -0.15) is 0 Å². The molecule has 3 saturated heterocycles. The first kappa shape index (κ1) is 20.8. The molecule has 2 amide bonds. The van der Waals surface area contributed by atoms with Gasteiger partial charge in [-0.1, -0.05) is 12.1 Å². The molecule has 3 fully saturated rings. The fourth-order valence-corrected chi connectivity index (χ4v) is 5.02. The Balaban J connectivity index is 1.38. The minimum atomic E-state index is -0.618. The number of carbonyl (C=O) groups excluding carboxylic acids is 2. The van der Waals surface area contributed by atoms with Crippen LogP contribution in [0.3, 0.4) is 0 Å². The van der Waals surface area contributed by atoms with Gasteiger partial charge in [-0.05, 0) is 40.9 Å². The number of carbonyl (C=O) groups is 2. The van der Waals surface area contributed by atoms with Crippen molar-refractivity contribution in [2.24, 2.45) is 11.8 Å². The smallest absolute Gasteiger partial charge is 0.239 e. The summed E-state index contributed by atoms with van der Waals surface area (Å²) in [5.41, 5.74) is 0.821. The molecule has 0 bridgehead atoms. The first-order valence-electron chi connectivity index (χ1n) is 10.4. The van der Waals surface area contributed by atoms with Crippen LogP contribution >= 0.6 is 15.9 Å². The molecule has 0 saturated carbocycles. The second kappa shape index (κ2) is 9.55. The highest BCUT2D eigenvalue weighted by Gasteiger charge is 2.39. The predicted molar refractivity (Wildman–Crippen MR) is 113 cm³/mol. The Morgan fingerprint density at radius 1 is 1.14 bits per heavy atom. The second-order valence-corrected chi connectivity index (χ2v) is 8.72. The number of ether oxygens (including phenoxy) is 2. The van der Waals surface area contributed by atoms with Crippen LogP contribution in [-0.2, 0) is 19.1 Å². The zero-order valence-corrected chi connectivity index (χ0v) is 18.1. The van der Waals surface area contributed by atoms with E-state index in [0.29, 0.717) is 25.4 Å². The van der Waals surface area contributed by atoms with Crippen LogP contribution in [0.4, 0.5) is 5.69 Å². The highest BCUT2D eigenvalue weighted by Crippen LogP contribution is 2.31. The largest absolute Gasteiger partial charge is 0.381 e. The first-order valence-corrected chi connectivity index (χ1v) is 11.2. The number of para-hydroxylation sites is 1. The summed E-state index contributed by atoms with van der Waals surface area (Å²) >= 11 is 3.50. The molecule has 3 heterocycles. The van der Waals surface area contributed by atoms with E-state index in [1.165, 1.54) is 0 Å². The summed E-state index contributed by atoms with van der Waals surface area (Å²) in [6.07, 6.45) is 1.55. The maximum absolute atomic E-state index is 12.9. The second-order valence-electron chi connectivity index (χ2n) is 7.87. The maximum atomic E-state index is 12.9. The molecule has 7 nitrogen and oxygen atoms in total. The van der Waals surface area contributed by atoms with Crippen LogP contribution in [0.5, 0.6) is 0 Å². The molecule has 4 rings (SSSR count). The van der Waals surface area contributed by atoms with Crippen molar-refractivity contribution >= 4 is 33.4 Å². The molecule has 29 heavy (non-hydrogen) atoms. The number of rotatable bonds is 6. The number of nitrogens with zero attached hydrogens (tertiary/aromatic N) is 2. The van der Waals surface area contributed by atoms with Crippen LogP contribution in [0, 0.1) is 11.8 Å². The van der Waals surface area contributed by atoms with Crippen LogP contribution < -0.4 is 10.2 Å². The average molecular weight is 466 g/mol. The van der Waals surface area contributed by atoms with Crippen LogP contribution in [0.2, 0.25) is 0 Å². The number of halogens is 1. The molecule has 3 unspecified atom stereocenters. The van der Waals surface area contributed by atoms with Gasteiger partial charge >= 0.3 is 0 Å². The third-order valence-corrected chi connectivity index (χ3v) is 6.84. The molecule has 0 aromatic heterocycles. The molecule has 3 aliphatic rings. The molecule has 3 aliphatic heterocycles. The number of benzene rings is 1. The Bertz CT molecular complexity index is 734. The lowest BCUT2D eigenvalue weighted by Gasteiger charge is -2.37. The lowest BCUT2D eigenvalue weighted by atomic mass is 9.96. The minimum Gasteiger partial charge on any atom is -0.381 e. The Hall–Kier alpha value is -1.48. The maximum Gasteiger partial charge on any atom is 0.239 e. The Labute approximate surface area is 179 Å². The van der Waals surface area contributed by atoms with Crippen molar-refractivity contribution in [3.63, 3.8) is 0 Å². The van der Waals surface area contributed by atoms with Gasteiger partial charge < -0.3 is 19.7 Å². The van der Waals surface area contributed by atoms with Gasteiger partial charge in [0.05, 0.1) is 25.5 Å². The average Bonchev–Trinajstić information content (AvgIpc) is 3.40. The predicted octanol–water partition coefficient (Wildman–Crippen LogP) is 1.66. The van der Waals surface area contributed by atoms with Gasteiger partial charge in [0.2, 0.25) is 11.8 Å². The summed E-state index contributed by atoms with van der Waals surface area (Å²) < 4.78 is 11.9. The lowest BCUT2D eigenvalue weighted by molar-refractivity contribution is -0.132. The summed E-state index contributed by atoms with van der Waals surface area (Å²) in [7, 11) is 0. The van der Waals surface area contributed by atoms with Gasteiger partial charge in [-0.3, -0.25) is 14.5 Å². The molecule has 158 valence electrons. The Morgan fingerprint density at radius 2 is 1.93 bits per heavy atom. The van der Waals surface area contributed by atoms with Crippen LogP contribution in [-0.4, -0.2) is 75.4 Å². The monoisotopic (exact) mass is 465 g/mol.